The van der Waals surface area contributed by atoms with Crippen molar-refractivity contribution in [3.05, 3.63) is 29.8 Å². The minimum Gasteiger partial charge on any atom is -0.469 e. The Hall–Kier alpha value is -2.02. The average Bonchev–Trinajstić information content (AvgIpc) is 2.46. The summed E-state index contributed by atoms with van der Waals surface area (Å²) >= 11 is 0. The fraction of sp³-hybridized carbons (Fsp3) is 0.467. The van der Waals surface area contributed by atoms with Gasteiger partial charge in [0.1, 0.15) is 0 Å². The van der Waals surface area contributed by atoms with Crippen LogP contribution in [0.15, 0.2) is 24.3 Å². The Bertz CT molecular complexity index is 490. The molecule has 0 saturated carbocycles. The third-order valence-electron chi connectivity index (χ3n) is 3.77. The number of ether oxygens (including phenoxy) is 1. The molecule has 1 aromatic carbocycles. The van der Waals surface area contributed by atoms with Crippen molar-refractivity contribution in [3.8, 4) is 6.07 Å². The SMILES string of the molecule is COC(=O)[C@@H]1CCN(c2ccc(C#N)cc2)C[C@H]1C. The van der Waals surface area contributed by atoms with Crippen LogP contribution >= 0.6 is 0 Å². The quantitative estimate of drug-likeness (QED) is 0.763. The molecular formula is C15H18N2O2. The van der Waals surface area contributed by atoms with Crippen LogP contribution in [0.2, 0.25) is 0 Å². The molecule has 4 heteroatoms. The van der Waals surface area contributed by atoms with Crippen LogP contribution in [0, 0.1) is 23.2 Å². The molecule has 1 aromatic rings. The van der Waals surface area contributed by atoms with Gasteiger partial charge in [-0.05, 0) is 36.6 Å². The highest BCUT2D eigenvalue weighted by atomic mass is 16.5. The highest BCUT2D eigenvalue weighted by Crippen LogP contribution is 2.28. The lowest BCUT2D eigenvalue weighted by atomic mass is 9.86. The van der Waals surface area contributed by atoms with Gasteiger partial charge in [-0.1, -0.05) is 6.92 Å². The van der Waals surface area contributed by atoms with Crippen molar-refractivity contribution >= 4 is 11.7 Å². The molecule has 1 fully saturated rings. The minimum atomic E-state index is -0.105. The van der Waals surface area contributed by atoms with Crippen molar-refractivity contribution < 1.29 is 9.53 Å². The average molecular weight is 258 g/mol. The standard InChI is InChI=1S/C15H18N2O2/c1-11-10-17(8-7-14(11)15(18)19-2)13-5-3-12(9-16)4-6-13/h3-6,11,14H,7-8,10H2,1-2H3/t11-,14-/m1/s1. The molecule has 0 radical (unpaired) electrons. The van der Waals surface area contributed by atoms with Gasteiger partial charge in [0.05, 0.1) is 24.7 Å². The fourth-order valence-electron chi connectivity index (χ4n) is 2.63. The van der Waals surface area contributed by atoms with E-state index in [0.29, 0.717) is 5.56 Å². The molecule has 0 aliphatic carbocycles. The topological polar surface area (TPSA) is 53.3 Å². The Balaban J connectivity index is 2.05. The summed E-state index contributed by atoms with van der Waals surface area (Å²) < 4.78 is 4.84. The van der Waals surface area contributed by atoms with Gasteiger partial charge in [-0.2, -0.15) is 5.26 Å². The van der Waals surface area contributed by atoms with Crippen LogP contribution in [0.1, 0.15) is 18.9 Å². The van der Waals surface area contributed by atoms with Gasteiger partial charge in [0.15, 0.2) is 0 Å². The van der Waals surface area contributed by atoms with Crippen LogP contribution in [0.3, 0.4) is 0 Å². The molecule has 1 saturated heterocycles. The maximum Gasteiger partial charge on any atom is 0.309 e. The van der Waals surface area contributed by atoms with E-state index in [1.807, 2.05) is 24.3 Å². The van der Waals surface area contributed by atoms with Gasteiger partial charge < -0.3 is 9.64 Å². The number of hydrogen-bond donors (Lipinski definition) is 0. The second kappa shape index (κ2) is 5.75. The zero-order valence-corrected chi connectivity index (χ0v) is 11.3. The number of hydrogen-bond acceptors (Lipinski definition) is 4. The zero-order valence-electron chi connectivity index (χ0n) is 11.3. The molecule has 1 heterocycles. The summed E-state index contributed by atoms with van der Waals surface area (Å²) in [7, 11) is 1.45. The first-order valence-electron chi connectivity index (χ1n) is 6.48. The van der Waals surface area contributed by atoms with Crippen molar-refractivity contribution in [2.24, 2.45) is 11.8 Å². The molecule has 2 rings (SSSR count). The van der Waals surface area contributed by atoms with Crippen molar-refractivity contribution in [3.63, 3.8) is 0 Å². The summed E-state index contributed by atoms with van der Waals surface area (Å²) in [5.41, 5.74) is 1.77. The highest BCUT2D eigenvalue weighted by molar-refractivity contribution is 5.73. The third kappa shape index (κ3) is 2.87. The summed E-state index contributed by atoms with van der Waals surface area (Å²) in [6.07, 6.45) is 0.813. The molecule has 100 valence electrons. The first-order valence-corrected chi connectivity index (χ1v) is 6.48. The van der Waals surface area contributed by atoms with E-state index in [4.69, 9.17) is 10.00 Å². The Kier molecular flexibility index (Phi) is 4.06. The molecule has 0 N–H and O–H groups in total. The molecule has 0 unspecified atom stereocenters. The van der Waals surface area contributed by atoms with E-state index in [9.17, 15) is 4.79 Å². The number of nitrogens with zero attached hydrogens (tertiary/aromatic N) is 2. The number of benzene rings is 1. The summed E-state index contributed by atoms with van der Waals surface area (Å²) in [5.74, 6) is 0.170. The molecule has 0 amide bonds. The largest absolute Gasteiger partial charge is 0.469 e. The lowest BCUT2D eigenvalue weighted by molar-refractivity contribution is -0.147. The predicted octanol–water partition coefficient (Wildman–Crippen LogP) is 2.19. The molecule has 2 atom stereocenters. The first kappa shape index (κ1) is 13.4. The van der Waals surface area contributed by atoms with Crippen molar-refractivity contribution in [2.75, 3.05) is 25.1 Å². The van der Waals surface area contributed by atoms with Crippen LogP contribution in [0.5, 0.6) is 0 Å². The highest BCUT2D eigenvalue weighted by Gasteiger charge is 2.31. The van der Waals surface area contributed by atoms with E-state index in [-0.39, 0.29) is 17.8 Å². The van der Waals surface area contributed by atoms with Gasteiger partial charge in [-0.15, -0.1) is 0 Å². The van der Waals surface area contributed by atoms with Crippen LogP contribution in [-0.4, -0.2) is 26.2 Å². The molecule has 0 aromatic heterocycles. The number of carbonyl (C=O) groups is 1. The van der Waals surface area contributed by atoms with Gasteiger partial charge in [0.25, 0.3) is 0 Å². The fourth-order valence-corrected chi connectivity index (χ4v) is 2.63. The van der Waals surface area contributed by atoms with Crippen molar-refractivity contribution in [1.29, 1.82) is 5.26 Å². The second-order valence-electron chi connectivity index (χ2n) is 5.00. The Morgan fingerprint density at radius 2 is 2.11 bits per heavy atom. The maximum atomic E-state index is 11.6. The number of methoxy groups -OCH3 is 1. The lowest BCUT2D eigenvalue weighted by Crippen LogP contribution is -2.42. The van der Waals surface area contributed by atoms with E-state index in [1.54, 1.807) is 0 Å². The summed E-state index contributed by atoms with van der Waals surface area (Å²) in [4.78, 5) is 13.9. The van der Waals surface area contributed by atoms with Gasteiger partial charge in [-0.25, -0.2) is 0 Å². The normalized spacial score (nSPS) is 22.7. The van der Waals surface area contributed by atoms with Gasteiger partial charge in [-0.3, -0.25) is 4.79 Å². The van der Waals surface area contributed by atoms with E-state index in [1.165, 1.54) is 7.11 Å². The van der Waals surface area contributed by atoms with E-state index in [0.717, 1.165) is 25.2 Å². The van der Waals surface area contributed by atoms with Gasteiger partial charge >= 0.3 is 5.97 Å². The zero-order chi connectivity index (χ0) is 13.8. The van der Waals surface area contributed by atoms with Crippen LogP contribution in [0.4, 0.5) is 5.69 Å². The van der Waals surface area contributed by atoms with Gasteiger partial charge in [0, 0.05) is 18.8 Å². The Morgan fingerprint density at radius 3 is 2.63 bits per heavy atom. The van der Waals surface area contributed by atoms with Crippen LogP contribution < -0.4 is 4.90 Å². The Morgan fingerprint density at radius 1 is 1.42 bits per heavy atom. The number of anilines is 1. The van der Waals surface area contributed by atoms with Crippen LogP contribution in [0.25, 0.3) is 0 Å². The molecule has 0 bridgehead atoms. The van der Waals surface area contributed by atoms with Gasteiger partial charge in [0.2, 0.25) is 0 Å². The molecular weight excluding hydrogens is 240 g/mol. The summed E-state index contributed by atoms with van der Waals surface area (Å²) in [6.45, 7) is 3.76. The lowest BCUT2D eigenvalue weighted by Gasteiger charge is -2.37. The number of piperidine rings is 1. The summed E-state index contributed by atoms with van der Waals surface area (Å²) in [5, 5.41) is 8.79. The second-order valence-corrected chi connectivity index (χ2v) is 5.00. The smallest absolute Gasteiger partial charge is 0.309 e. The third-order valence-corrected chi connectivity index (χ3v) is 3.77. The first-order chi connectivity index (χ1) is 9.15. The van der Waals surface area contributed by atoms with Crippen molar-refractivity contribution in [2.45, 2.75) is 13.3 Å². The molecule has 1 aliphatic rings. The molecule has 0 spiro atoms. The maximum absolute atomic E-state index is 11.6. The van der Waals surface area contributed by atoms with E-state index >= 15 is 0 Å². The molecule has 1 aliphatic heterocycles. The number of esters is 1. The predicted molar refractivity (Wildman–Crippen MR) is 72.7 cm³/mol. The number of nitriles is 1. The monoisotopic (exact) mass is 258 g/mol. The Labute approximate surface area is 113 Å². The van der Waals surface area contributed by atoms with E-state index in [2.05, 4.69) is 17.9 Å². The van der Waals surface area contributed by atoms with Crippen molar-refractivity contribution in [1.82, 2.24) is 0 Å². The van der Waals surface area contributed by atoms with E-state index < -0.39 is 0 Å². The minimum absolute atomic E-state index is 0.000341. The number of rotatable bonds is 2. The number of carbonyl (C=O) groups excluding carboxylic acids is 1. The molecule has 4 nitrogen and oxygen atoms in total. The van der Waals surface area contributed by atoms with Crippen LogP contribution in [-0.2, 0) is 9.53 Å². The summed E-state index contributed by atoms with van der Waals surface area (Å²) in [6, 6.07) is 9.69. The molecule has 19 heavy (non-hydrogen) atoms.